The van der Waals surface area contributed by atoms with Crippen molar-refractivity contribution in [1.82, 2.24) is 0 Å². The molecule has 0 aliphatic rings. The topological polar surface area (TPSA) is 175 Å². The molecule has 0 bridgehead atoms. The average Bonchev–Trinajstić information content (AvgIpc) is 3.18. The number of rotatable bonds is 39. The molecule has 5 N–H and O–H groups in total. The van der Waals surface area contributed by atoms with Gasteiger partial charge in [-0.15, -0.1) is 0 Å². The number of ether oxygens (including phenoxy) is 2. The molecule has 4 atom stereocenters. The van der Waals surface area contributed by atoms with Crippen molar-refractivity contribution in [2.45, 2.75) is 173 Å². The van der Waals surface area contributed by atoms with Gasteiger partial charge in [-0.1, -0.05) is 177 Å². The maximum Gasteiger partial charge on any atom is 0.472 e. The van der Waals surface area contributed by atoms with Crippen LogP contribution in [0.3, 0.4) is 0 Å². The van der Waals surface area contributed by atoms with E-state index in [0.717, 1.165) is 25.7 Å². The second kappa shape index (κ2) is 40.2. The van der Waals surface area contributed by atoms with Gasteiger partial charge in [-0.05, 0) is 38.5 Å². The van der Waals surface area contributed by atoms with Crippen LogP contribution in [-0.2, 0) is 32.7 Å². The summed E-state index contributed by atoms with van der Waals surface area (Å²) in [6.45, 7) is 3.31. The molecule has 0 aromatic heterocycles. The Bertz CT molecular complexity index is 1200. The fraction of sp³-hybridized carbons (Fsp3) is 0.689. The number of aliphatic hydroxyl groups excluding tert-OH is 2. The number of phosphoric ester groups is 1. The Morgan fingerprint density at radius 2 is 1.23 bits per heavy atom. The van der Waals surface area contributed by atoms with Gasteiger partial charge in [0.1, 0.15) is 6.61 Å². The molecule has 328 valence electrons. The summed E-state index contributed by atoms with van der Waals surface area (Å²) in [5, 5.41) is 20.0. The lowest BCUT2D eigenvalue weighted by Gasteiger charge is -2.19. The van der Waals surface area contributed by atoms with Gasteiger partial charge in [0, 0.05) is 19.4 Å². The molecule has 0 saturated heterocycles. The average molecular weight is 824 g/mol. The fourth-order valence-electron chi connectivity index (χ4n) is 5.55. The minimum atomic E-state index is -4.43. The number of aliphatic hydroxyl groups is 2. The summed E-state index contributed by atoms with van der Waals surface area (Å²) in [4.78, 5) is 34.9. The molecule has 0 spiro atoms. The zero-order valence-corrected chi connectivity index (χ0v) is 36.2. The van der Waals surface area contributed by atoms with Crippen molar-refractivity contribution in [2.75, 3.05) is 26.4 Å². The highest BCUT2D eigenvalue weighted by Gasteiger charge is 2.26. The summed E-state index contributed by atoms with van der Waals surface area (Å²) in [5.74, 6) is -1.01. The summed E-state index contributed by atoms with van der Waals surface area (Å²) in [7, 11) is -4.43. The molecule has 0 fully saturated rings. The molecule has 0 heterocycles. The van der Waals surface area contributed by atoms with Crippen LogP contribution in [0.1, 0.15) is 155 Å². The Hall–Kier alpha value is -2.63. The highest BCUT2D eigenvalue weighted by Crippen LogP contribution is 2.43. The Morgan fingerprint density at radius 3 is 1.82 bits per heavy atom. The molecule has 0 radical (unpaired) electrons. The second-order valence-corrected chi connectivity index (χ2v) is 15.7. The van der Waals surface area contributed by atoms with Gasteiger partial charge in [-0.3, -0.25) is 18.6 Å². The normalized spacial score (nSPS) is 15.1. The molecule has 12 heteroatoms. The molecule has 0 saturated carbocycles. The van der Waals surface area contributed by atoms with E-state index in [-0.39, 0.29) is 32.6 Å². The van der Waals surface area contributed by atoms with Crippen molar-refractivity contribution < 1.29 is 47.8 Å². The van der Waals surface area contributed by atoms with Gasteiger partial charge in [0.05, 0.1) is 25.4 Å². The van der Waals surface area contributed by atoms with Gasteiger partial charge < -0.3 is 30.3 Å². The van der Waals surface area contributed by atoms with Gasteiger partial charge in [0.2, 0.25) is 0 Å². The maximum absolute atomic E-state index is 12.6. The monoisotopic (exact) mass is 824 g/mol. The third-order valence-corrected chi connectivity index (χ3v) is 9.77. The number of esters is 2. The summed E-state index contributed by atoms with van der Waals surface area (Å²) < 4.78 is 32.6. The van der Waals surface area contributed by atoms with Gasteiger partial charge in [0.15, 0.2) is 6.10 Å². The van der Waals surface area contributed by atoms with E-state index in [9.17, 15) is 29.3 Å². The lowest BCUT2D eigenvalue weighted by molar-refractivity contribution is -0.161. The predicted octanol–water partition coefficient (Wildman–Crippen LogP) is 10.2. The van der Waals surface area contributed by atoms with Crippen molar-refractivity contribution in [2.24, 2.45) is 5.73 Å². The molecule has 0 amide bonds. The van der Waals surface area contributed by atoms with Crippen LogP contribution in [0, 0.1) is 0 Å². The molecule has 0 aliphatic heterocycles. The Kier molecular flexibility index (Phi) is 38.3. The van der Waals surface area contributed by atoms with E-state index in [1.807, 2.05) is 42.5 Å². The number of carbonyl (C=O) groups is 2. The zero-order valence-electron chi connectivity index (χ0n) is 35.3. The summed E-state index contributed by atoms with van der Waals surface area (Å²) in [6, 6.07) is 0. The number of unbranched alkanes of at least 4 members (excludes halogenated alkanes) is 15. The first-order valence-electron chi connectivity index (χ1n) is 21.6. The summed E-state index contributed by atoms with van der Waals surface area (Å²) in [6.07, 6.45) is 41.5. The Balaban J connectivity index is 4.43. The molecular weight excluding hydrogens is 745 g/mol. The number of nitrogens with two attached hydrogens (primary N) is 1. The first-order chi connectivity index (χ1) is 27.6. The van der Waals surface area contributed by atoms with Crippen LogP contribution in [0.4, 0.5) is 0 Å². The summed E-state index contributed by atoms with van der Waals surface area (Å²) >= 11 is 0. The number of carbonyl (C=O) groups excluding carboxylic acids is 2. The number of allylic oxidation sites excluding steroid dienone is 8. The molecule has 1 unspecified atom stereocenters. The number of phosphoric acid groups is 1. The minimum absolute atomic E-state index is 0.0176. The van der Waals surface area contributed by atoms with Crippen LogP contribution < -0.4 is 5.73 Å². The van der Waals surface area contributed by atoms with Crippen molar-refractivity contribution in [3.63, 3.8) is 0 Å². The van der Waals surface area contributed by atoms with Crippen molar-refractivity contribution in [3.8, 4) is 0 Å². The van der Waals surface area contributed by atoms with E-state index in [0.29, 0.717) is 32.1 Å². The molecule has 57 heavy (non-hydrogen) atoms. The molecule has 0 aromatic rings. The maximum atomic E-state index is 12.6. The van der Waals surface area contributed by atoms with E-state index in [1.165, 1.54) is 70.6 Å². The minimum Gasteiger partial charge on any atom is -0.462 e. The van der Waals surface area contributed by atoms with Crippen LogP contribution in [0.25, 0.3) is 0 Å². The highest BCUT2D eigenvalue weighted by molar-refractivity contribution is 7.47. The van der Waals surface area contributed by atoms with Gasteiger partial charge in [0.25, 0.3) is 0 Å². The largest absolute Gasteiger partial charge is 0.472 e. The third-order valence-electron chi connectivity index (χ3n) is 8.78. The Morgan fingerprint density at radius 1 is 0.649 bits per heavy atom. The highest BCUT2D eigenvalue weighted by atomic mass is 31.2. The van der Waals surface area contributed by atoms with Gasteiger partial charge in [-0.2, -0.15) is 0 Å². The standard InChI is InChI=1S/C45H78NO10P/c1-3-5-7-8-9-10-11-12-13-14-15-16-20-23-29-35-44(49)53-39-43(40-55-57(51,52)54-38-37-46)56-45(50)36-30-24-28-34-42(48)33-27-22-19-17-18-21-26-32-41(47)31-25-6-4-2/h6,18-19,21-22,25-28,32-34,41-43,47-48H,3-5,7-17,20,23-24,29-31,35-40,46H2,1-2H3,(H,51,52)/b21-18-,22-19-,25-6-,32-26+,33-27+,34-28-/t41-,42-,43+/m0/s1. The van der Waals surface area contributed by atoms with E-state index in [2.05, 4.69) is 13.8 Å². The SMILES string of the molecule is CC/C=C\C[C@H](O)/C=C/C=C\C/C=C\C=C\[C@H](O)/C=C\CCCC(=O)O[C@H](COC(=O)CCCCCCCCCCCCCCCCC)COP(=O)(O)OCCN. The fourth-order valence-corrected chi connectivity index (χ4v) is 6.32. The summed E-state index contributed by atoms with van der Waals surface area (Å²) in [5.41, 5.74) is 5.33. The number of hydrogen-bond donors (Lipinski definition) is 4. The van der Waals surface area contributed by atoms with Gasteiger partial charge in [-0.25, -0.2) is 4.57 Å². The first kappa shape index (κ1) is 54.4. The van der Waals surface area contributed by atoms with E-state index in [1.54, 1.807) is 30.4 Å². The number of hydrogen-bond acceptors (Lipinski definition) is 10. The third kappa shape index (κ3) is 40.0. The zero-order chi connectivity index (χ0) is 42.1. The van der Waals surface area contributed by atoms with Crippen molar-refractivity contribution >= 4 is 19.8 Å². The molecule has 0 rings (SSSR count). The van der Waals surface area contributed by atoms with Crippen molar-refractivity contribution in [3.05, 3.63) is 72.9 Å². The molecule has 0 aliphatic carbocycles. The van der Waals surface area contributed by atoms with Crippen LogP contribution in [0.15, 0.2) is 72.9 Å². The van der Waals surface area contributed by atoms with Crippen LogP contribution >= 0.6 is 7.82 Å². The van der Waals surface area contributed by atoms with Crippen LogP contribution in [0.2, 0.25) is 0 Å². The smallest absolute Gasteiger partial charge is 0.462 e. The predicted molar refractivity (Wildman–Crippen MR) is 231 cm³/mol. The van der Waals surface area contributed by atoms with Crippen molar-refractivity contribution in [1.29, 1.82) is 0 Å². The lowest BCUT2D eigenvalue weighted by atomic mass is 10.0. The van der Waals surface area contributed by atoms with E-state index < -0.39 is 44.7 Å². The molecule has 11 nitrogen and oxygen atoms in total. The first-order valence-corrected chi connectivity index (χ1v) is 23.1. The lowest BCUT2D eigenvalue weighted by Crippen LogP contribution is -2.29. The van der Waals surface area contributed by atoms with E-state index in [4.69, 9.17) is 24.3 Å². The quantitative estimate of drug-likeness (QED) is 0.0153. The Labute approximate surface area is 345 Å². The van der Waals surface area contributed by atoms with Crippen LogP contribution in [-0.4, -0.2) is 71.7 Å². The second-order valence-electron chi connectivity index (χ2n) is 14.2. The molecular formula is C45H78NO10P. The van der Waals surface area contributed by atoms with Crippen LogP contribution in [0.5, 0.6) is 0 Å². The molecule has 0 aromatic carbocycles. The van der Waals surface area contributed by atoms with E-state index >= 15 is 0 Å². The van der Waals surface area contributed by atoms with Gasteiger partial charge >= 0.3 is 19.8 Å².